The van der Waals surface area contributed by atoms with Gasteiger partial charge in [0.25, 0.3) is 0 Å². The Labute approximate surface area is 116 Å². The Bertz CT molecular complexity index is 488. The molecule has 0 aliphatic rings. The van der Waals surface area contributed by atoms with Gasteiger partial charge in [0.05, 0.1) is 19.0 Å². The molecule has 0 saturated heterocycles. The van der Waals surface area contributed by atoms with Gasteiger partial charge in [-0.05, 0) is 30.7 Å². The third-order valence-corrected chi connectivity index (χ3v) is 3.45. The van der Waals surface area contributed by atoms with Gasteiger partial charge in [-0.25, -0.2) is 8.42 Å². The molecule has 4 nitrogen and oxygen atoms in total. The van der Waals surface area contributed by atoms with E-state index in [4.69, 9.17) is 31.8 Å². The molecule has 0 atom stereocenters. The van der Waals surface area contributed by atoms with E-state index in [2.05, 4.69) is 0 Å². The van der Waals surface area contributed by atoms with Crippen molar-refractivity contribution in [2.75, 3.05) is 25.6 Å². The van der Waals surface area contributed by atoms with Crippen LogP contribution < -0.4 is 4.74 Å². The minimum Gasteiger partial charge on any atom is -0.491 e. The summed E-state index contributed by atoms with van der Waals surface area (Å²) in [5.41, 5.74) is 0.936. The Hall–Kier alpha value is -0.490. The molecule has 0 spiro atoms. The lowest BCUT2D eigenvalue weighted by Gasteiger charge is -2.09. The zero-order valence-electron chi connectivity index (χ0n) is 9.86. The van der Waals surface area contributed by atoms with Crippen molar-refractivity contribution in [1.29, 1.82) is 0 Å². The maximum atomic E-state index is 10.6. The highest BCUT2D eigenvalue weighted by atomic mass is 35.7. The van der Waals surface area contributed by atoms with Gasteiger partial charge in [0.2, 0.25) is 9.05 Å². The molecule has 7 heteroatoms. The summed E-state index contributed by atoms with van der Waals surface area (Å²) in [6.45, 7) is 2.59. The van der Waals surface area contributed by atoms with Crippen LogP contribution in [0.2, 0.25) is 5.02 Å². The second-order valence-corrected chi connectivity index (χ2v) is 6.95. The molecule has 0 unspecified atom stereocenters. The lowest BCUT2D eigenvalue weighted by atomic mass is 10.2. The summed E-state index contributed by atoms with van der Waals surface area (Å²) in [6, 6.07) is 5.32. The first-order chi connectivity index (χ1) is 8.38. The first kappa shape index (κ1) is 15.6. The maximum absolute atomic E-state index is 10.6. The Morgan fingerprint density at radius 2 is 1.94 bits per heavy atom. The molecule has 0 aromatic heterocycles. The monoisotopic (exact) mass is 312 g/mol. The van der Waals surface area contributed by atoms with E-state index in [1.807, 2.05) is 6.92 Å². The van der Waals surface area contributed by atoms with Crippen molar-refractivity contribution in [2.24, 2.45) is 0 Å². The average Bonchev–Trinajstić information content (AvgIpc) is 2.24. The molecule has 1 aromatic carbocycles. The summed E-state index contributed by atoms with van der Waals surface area (Å²) in [5.74, 6) is 0.530. The quantitative estimate of drug-likeness (QED) is 0.573. The smallest absolute Gasteiger partial charge is 0.234 e. The first-order valence-electron chi connectivity index (χ1n) is 5.27. The van der Waals surface area contributed by atoms with Crippen LogP contribution in [-0.2, 0) is 13.8 Å². The Morgan fingerprint density at radius 3 is 2.56 bits per heavy atom. The van der Waals surface area contributed by atoms with Gasteiger partial charge >= 0.3 is 0 Å². The molecule has 1 aromatic rings. The van der Waals surface area contributed by atoms with Crippen molar-refractivity contribution in [1.82, 2.24) is 0 Å². The normalized spacial score (nSPS) is 11.5. The van der Waals surface area contributed by atoms with Crippen LogP contribution in [0.3, 0.4) is 0 Å². The summed E-state index contributed by atoms with van der Waals surface area (Å²) in [5, 5.41) is 0.656. The van der Waals surface area contributed by atoms with Crippen LogP contribution in [0.5, 0.6) is 5.75 Å². The summed E-state index contributed by atoms with van der Waals surface area (Å²) in [4.78, 5) is 0. The van der Waals surface area contributed by atoms with E-state index in [0.29, 0.717) is 18.2 Å². The molecule has 18 heavy (non-hydrogen) atoms. The van der Waals surface area contributed by atoms with E-state index in [0.717, 1.165) is 11.3 Å². The van der Waals surface area contributed by atoms with Crippen LogP contribution in [-0.4, -0.2) is 34.0 Å². The number of ether oxygens (including phenoxy) is 2. The zero-order valence-corrected chi connectivity index (χ0v) is 12.2. The number of hydrogen-bond acceptors (Lipinski definition) is 4. The van der Waals surface area contributed by atoms with Crippen molar-refractivity contribution in [2.45, 2.75) is 6.92 Å². The lowest BCUT2D eigenvalue weighted by Crippen LogP contribution is -2.12. The molecule has 0 saturated carbocycles. The lowest BCUT2D eigenvalue weighted by molar-refractivity contribution is 0.111. The maximum Gasteiger partial charge on any atom is 0.234 e. The predicted molar refractivity (Wildman–Crippen MR) is 72.1 cm³/mol. The van der Waals surface area contributed by atoms with Crippen molar-refractivity contribution >= 4 is 31.3 Å². The Balaban J connectivity index is 2.22. The molecular weight excluding hydrogens is 299 g/mol. The second-order valence-electron chi connectivity index (χ2n) is 3.61. The number of aryl methyl sites for hydroxylation is 1. The van der Waals surface area contributed by atoms with E-state index in [9.17, 15) is 8.42 Å². The van der Waals surface area contributed by atoms with Crippen LogP contribution >= 0.6 is 22.3 Å². The molecule has 102 valence electrons. The van der Waals surface area contributed by atoms with E-state index < -0.39 is 9.05 Å². The van der Waals surface area contributed by atoms with Crippen molar-refractivity contribution in [3.63, 3.8) is 0 Å². The van der Waals surface area contributed by atoms with Crippen molar-refractivity contribution in [3.05, 3.63) is 28.8 Å². The van der Waals surface area contributed by atoms with Gasteiger partial charge in [0.15, 0.2) is 0 Å². The highest BCUT2D eigenvalue weighted by Gasteiger charge is 2.04. The number of hydrogen-bond donors (Lipinski definition) is 0. The number of halogens is 2. The fraction of sp³-hybridized carbons (Fsp3) is 0.455. The Kier molecular flexibility index (Phi) is 6.21. The molecule has 1 rings (SSSR count). The Morgan fingerprint density at radius 1 is 1.22 bits per heavy atom. The SMILES string of the molecule is Cc1cc(Cl)ccc1OCCOCCS(=O)(=O)Cl. The van der Waals surface area contributed by atoms with Crippen LogP contribution in [0.25, 0.3) is 0 Å². The van der Waals surface area contributed by atoms with Gasteiger partial charge < -0.3 is 9.47 Å². The fourth-order valence-electron chi connectivity index (χ4n) is 1.25. The minimum absolute atomic E-state index is 0.0643. The van der Waals surface area contributed by atoms with Gasteiger partial charge in [-0.1, -0.05) is 11.6 Å². The predicted octanol–water partition coefficient (Wildman–Crippen LogP) is 2.61. The van der Waals surface area contributed by atoms with Crippen LogP contribution in [0, 0.1) is 6.92 Å². The van der Waals surface area contributed by atoms with Gasteiger partial charge in [0, 0.05) is 15.7 Å². The second kappa shape index (κ2) is 7.19. The molecule has 0 aliphatic carbocycles. The standard InChI is InChI=1S/C11H14Cl2O4S/c1-9-8-10(12)2-3-11(9)17-5-4-16-6-7-18(13,14)15/h2-3,8H,4-7H2,1H3. The average molecular weight is 313 g/mol. The van der Waals surface area contributed by atoms with Gasteiger partial charge in [-0.15, -0.1) is 0 Å². The number of rotatable bonds is 7. The molecule has 0 radical (unpaired) electrons. The van der Waals surface area contributed by atoms with E-state index in [1.165, 1.54) is 0 Å². The summed E-state index contributed by atoms with van der Waals surface area (Å²) in [6.07, 6.45) is 0. The summed E-state index contributed by atoms with van der Waals surface area (Å²) >= 11 is 5.81. The van der Waals surface area contributed by atoms with Crippen molar-refractivity contribution < 1.29 is 17.9 Å². The highest BCUT2D eigenvalue weighted by molar-refractivity contribution is 8.13. The third kappa shape index (κ3) is 6.44. The molecule has 0 N–H and O–H groups in total. The summed E-state index contributed by atoms with van der Waals surface area (Å²) in [7, 11) is 1.54. The minimum atomic E-state index is -3.48. The largest absolute Gasteiger partial charge is 0.491 e. The molecular formula is C11H14Cl2O4S. The van der Waals surface area contributed by atoms with Gasteiger partial charge in [-0.2, -0.15) is 0 Å². The van der Waals surface area contributed by atoms with Gasteiger partial charge in [0.1, 0.15) is 12.4 Å². The van der Waals surface area contributed by atoms with Gasteiger partial charge in [-0.3, -0.25) is 0 Å². The molecule has 0 bridgehead atoms. The zero-order chi connectivity index (χ0) is 13.6. The van der Waals surface area contributed by atoms with Crippen LogP contribution in [0.1, 0.15) is 5.56 Å². The van der Waals surface area contributed by atoms with Crippen molar-refractivity contribution in [3.8, 4) is 5.75 Å². The third-order valence-electron chi connectivity index (χ3n) is 2.09. The highest BCUT2D eigenvalue weighted by Crippen LogP contribution is 2.21. The number of benzene rings is 1. The first-order valence-corrected chi connectivity index (χ1v) is 8.13. The van der Waals surface area contributed by atoms with Crippen LogP contribution in [0.15, 0.2) is 18.2 Å². The van der Waals surface area contributed by atoms with E-state index in [-0.39, 0.29) is 12.4 Å². The summed E-state index contributed by atoms with van der Waals surface area (Å²) < 4.78 is 31.7. The molecule has 0 amide bonds. The molecule has 0 fully saturated rings. The fourth-order valence-corrected chi connectivity index (χ4v) is 1.98. The van der Waals surface area contributed by atoms with Crippen LogP contribution in [0.4, 0.5) is 0 Å². The topological polar surface area (TPSA) is 52.6 Å². The van der Waals surface area contributed by atoms with E-state index in [1.54, 1.807) is 18.2 Å². The molecule has 0 aliphatic heterocycles. The molecule has 0 heterocycles. The van der Waals surface area contributed by atoms with E-state index >= 15 is 0 Å².